The second-order valence-electron chi connectivity index (χ2n) is 9.90. The molecule has 2 fully saturated rings. The minimum atomic E-state index is -0.377. The van der Waals surface area contributed by atoms with Gasteiger partial charge >= 0.3 is 0 Å². The number of anilines is 2. The third kappa shape index (κ3) is 5.95. The summed E-state index contributed by atoms with van der Waals surface area (Å²) in [6.45, 7) is 6.98. The topological polar surface area (TPSA) is 144 Å². The maximum absolute atomic E-state index is 9.47. The quantitative estimate of drug-likeness (QED) is 0.430. The van der Waals surface area contributed by atoms with E-state index >= 15 is 0 Å². The Hall–Kier alpha value is -3.01. The van der Waals surface area contributed by atoms with Crippen LogP contribution in [0.1, 0.15) is 43.2 Å². The van der Waals surface area contributed by atoms with Crippen molar-refractivity contribution < 1.29 is 9.52 Å². The van der Waals surface area contributed by atoms with Gasteiger partial charge in [-0.25, -0.2) is 9.97 Å². The first-order valence-electron chi connectivity index (χ1n) is 13.1. The molecule has 0 radical (unpaired) electrons. The third-order valence-corrected chi connectivity index (χ3v) is 8.07. The van der Waals surface area contributed by atoms with E-state index < -0.39 is 0 Å². The standard InChI is InChI=1S/C26H31Cl2N9O2/c1-2-19-14-36(25-23(28)31-22(24(30)32-25)26-34-33-21(15-38)39-26)9-10-37(19)20-5-7-35(8-6-20)13-16-3-4-18(27)11-17(16)12-29/h3-4,11,19-20,38H,2,5-10,13-15H2,1H3,(H2,30,32)/t19-/m0/s1. The fourth-order valence-corrected chi connectivity index (χ4v) is 5.96. The molecule has 0 unspecified atom stereocenters. The van der Waals surface area contributed by atoms with Gasteiger partial charge in [-0.15, -0.1) is 10.2 Å². The van der Waals surface area contributed by atoms with Gasteiger partial charge in [-0.05, 0) is 50.0 Å². The summed E-state index contributed by atoms with van der Waals surface area (Å²) in [6.07, 6.45) is 3.15. The van der Waals surface area contributed by atoms with Crippen molar-refractivity contribution in [2.24, 2.45) is 0 Å². The van der Waals surface area contributed by atoms with E-state index in [1.807, 2.05) is 12.1 Å². The third-order valence-electron chi connectivity index (χ3n) is 7.58. The van der Waals surface area contributed by atoms with Crippen molar-refractivity contribution in [3.8, 4) is 17.7 Å². The van der Waals surface area contributed by atoms with Crippen LogP contribution in [0.15, 0.2) is 22.6 Å². The van der Waals surface area contributed by atoms with Gasteiger partial charge in [0.2, 0.25) is 5.89 Å². The molecule has 13 heteroatoms. The second kappa shape index (κ2) is 12.0. The number of piperidine rings is 1. The molecule has 5 rings (SSSR count). The van der Waals surface area contributed by atoms with Crippen LogP contribution in [0.3, 0.4) is 0 Å². The van der Waals surface area contributed by atoms with E-state index in [1.54, 1.807) is 6.07 Å². The Bertz CT molecular complexity index is 1350. The van der Waals surface area contributed by atoms with Crippen LogP contribution in [0.2, 0.25) is 10.2 Å². The molecule has 3 N–H and O–H groups in total. The number of nitrogen functional groups attached to an aromatic ring is 1. The van der Waals surface area contributed by atoms with Crippen LogP contribution in [0.4, 0.5) is 11.6 Å². The number of aliphatic hydroxyl groups is 1. The molecule has 0 bridgehead atoms. The minimum absolute atomic E-state index is 0.0658. The first-order chi connectivity index (χ1) is 18.9. The van der Waals surface area contributed by atoms with Crippen molar-refractivity contribution in [1.29, 1.82) is 5.26 Å². The van der Waals surface area contributed by atoms with Crippen molar-refractivity contribution in [3.63, 3.8) is 0 Å². The predicted molar refractivity (Wildman–Crippen MR) is 148 cm³/mol. The highest BCUT2D eigenvalue weighted by molar-refractivity contribution is 6.32. The van der Waals surface area contributed by atoms with E-state index in [0.717, 1.165) is 64.1 Å². The lowest BCUT2D eigenvalue weighted by Crippen LogP contribution is -2.58. The molecule has 2 aliphatic rings. The van der Waals surface area contributed by atoms with Crippen LogP contribution >= 0.6 is 23.2 Å². The van der Waals surface area contributed by atoms with Crippen molar-refractivity contribution in [1.82, 2.24) is 30.0 Å². The van der Waals surface area contributed by atoms with Crippen LogP contribution in [0.5, 0.6) is 0 Å². The highest BCUT2D eigenvalue weighted by Crippen LogP contribution is 2.32. The zero-order chi connectivity index (χ0) is 27.5. The van der Waals surface area contributed by atoms with Crippen LogP contribution in [0.25, 0.3) is 11.6 Å². The van der Waals surface area contributed by atoms with E-state index in [0.29, 0.717) is 28.5 Å². The van der Waals surface area contributed by atoms with Crippen LogP contribution in [-0.2, 0) is 13.2 Å². The van der Waals surface area contributed by atoms with Crippen molar-refractivity contribution in [2.75, 3.05) is 43.4 Å². The molecule has 1 atom stereocenters. The molecule has 2 aromatic heterocycles. The molecule has 3 aromatic rings. The van der Waals surface area contributed by atoms with E-state index in [1.165, 1.54) is 0 Å². The number of nitriles is 1. The fourth-order valence-electron chi connectivity index (χ4n) is 5.54. The number of rotatable bonds is 7. The number of piperazine rings is 1. The summed E-state index contributed by atoms with van der Waals surface area (Å²) in [5.41, 5.74) is 8.07. The maximum Gasteiger partial charge on any atom is 0.270 e. The zero-order valence-corrected chi connectivity index (χ0v) is 23.2. The molecular weight excluding hydrogens is 541 g/mol. The summed E-state index contributed by atoms with van der Waals surface area (Å²) in [4.78, 5) is 16.1. The van der Waals surface area contributed by atoms with E-state index in [4.69, 9.17) is 33.4 Å². The largest absolute Gasteiger partial charge is 0.417 e. The Morgan fingerprint density at radius 2 is 1.95 bits per heavy atom. The number of hydrogen-bond donors (Lipinski definition) is 2. The average molecular weight is 573 g/mol. The van der Waals surface area contributed by atoms with Crippen LogP contribution < -0.4 is 10.6 Å². The van der Waals surface area contributed by atoms with Crippen molar-refractivity contribution >= 4 is 34.8 Å². The molecule has 0 aliphatic carbocycles. The summed E-state index contributed by atoms with van der Waals surface area (Å²) in [5, 5.41) is 27.1. The number of nitrogens with zero attached hydrogens (tertiary/aromatic N) is 8. The fraction of sp³-hybridized carbons (Fsp3) is 0.500. The van der Waals surface area contributed by atoms with Gasteiger partial charge in [-0.3, -0.25) is 9.80 Å². The number of benzene rings is 1. The number of aromatic nitrogens is 4. The van der Waals surface area contributed by atoms with Crippen molar-refractivity contribution in [3.05, 3.63) is 45.4 Å². The van der Waals surface area contributed by atoms with Gasteiger partial charge in [0.15, 0.2) is 22.5 Å². The van der Waals surface area contributed by atoms with Gasteiger partial charge in [0.25, 0.3) is 5.89 Å². The van der Waals surface area contributed by atoms with Gasteiger partial charge in [-0.2, -0.15) is 5.26 Å². The summed E-state index contributed by atoms with van der Waals surface area (Å²) >= 11 is 12.6. The summed E-state index contributed by atoms with van der Waals surface area (Å²) in [6, 6.07) is 8.67. The average Bonchev–Trinajstić information content (AvgIpc) is 3.44. The monoisotopic (exact) mass is 571 g/mol. The van der Waals surface area contributed by atoms with E-state index in [-0.39, 0.29) is 35.1 Å². The molecule has 0 spiro atoms. The van der Waals surface area contributed by atoms with E-state index in [2.05, 4.69) is 47.9 Å². The Kier molecular flexibility index (Phi) is 8.49. The lowest BCUT2D eigenvalue weighted by molar-refractivity contribution is 0.0610. The number of likely N-dealkylation sites (tertiary alicyclic amines) is 1. The lowest BCUT2D eigenvalue weighted by atomic mass is 9.97. The van der Waals surface area contributed by atoms with Crippen LogP contribution in [-0.4, -0.2) is 79.9 Å². The molecule has 0 saturated carbocycles. The molecule has 2 aliphatic heterocycles. The molecule has 0 amide bonds. The first-order valence-corrected chi connectivity index (χ1v) is 13.8. The summed E-state index contributed by atoms with van der Waals surface area (Å²) in [5.74, 6) is 0.825. The maximum atomic E-state index is 9.47. The van der Waals surface area contributed by atoms with Gasteiger partial charge in [0, 0.05) is 43.3 Å². The predicted octanol–water partition coefficient (Wildman–Crippen LogP) is 3.34. The summed E-state index contributed by atoms with van der Waals surface area (Å²) < 4.78 is 5.36. The van der Waals surface area contributed by atoms with Gasteiger partial charge in [0.1, 0.15) is 6.61 Å². The Balaban J connectivity index is 1.21. The Morgan fingerprint density at radius 1 is 1.15 bits per heavy atom. The molecule has 11 nitrogen and oxygen atoms in total. The molecule has 2 saturated heterocycles. The minimum Gasteiger partial charge on any atom is -0.417 e. The molecule has 4 heterocycles. The van der Waals surface area contributed by atoms with Crippen molar-refractivity contribution in [2.45, 2.75) is 51.4 Å². The smallest absolute Gasteiger partial charge is 0.270 e. The lowest BCUT2D eigenvalue weighted by Gasteiger charge is -2.47. The highest BCUT2D eigenvalue weighted by atomic mass is 35.5. The van der Waals surface area contributed by atoms with Gasteiger partial charge in [0.05, 0.1) is 11.6 Å². The number of aliphatic hydroxyl groups excluding tert-OH is 1. The Labute approximate surface area is 237 Å². The molecule has 1 aromatic carbocycles. The van der Waals surface area contributed by atoms with Gasteiger partial charge < -0.3 is 20.2 Å². The highest BCUT2D eigenvalue weighted by Gasteiger charge is 2.34. The Morgan fingerprint density at radius 3 is 2.64 bits per heavy atom. The normalized spacial score (nSPS) is 19.4. The number of hydrogen-bond acceptors (Lipinski definition) is 11. The number of halogens is 2. The van der Waals surface area contributed by atoms with Crippen LogP contribution in [0, 0.1) is 11.3 Å². The van der Waals surface area contributed by atoms with E-state index in [9.17, 15) is 10.4 Å². The summed E-state index contributed by atoms with van der Waals surface area (Å²) in [7, 11) is 0. The SMILES string of the molecule is CC[C@H]1CN(c2nc(N)c(-c3nnc(CO)o3)nc2Cl)CCN1C1CCN(Cc2ccc(Cl)cc2C#N)CC1. The number of nitrogens with two attached hydrogens (primary N) is 1. The molecule has 39 heavy (non-hydrogen) atoms. The first kappa shape index (κ1) is 27.6. The van der Waals surface area contributed by atoms with Gasteiger partial charge in [-0.1, -0.05) is 36.2 Å². The molecule has 206 valence electrons. The second-order valence-corrected chi connectivity index (χ2v) is 10.7. The zero-order valence-electron chi connectivity index (χ0n) is 21.7. The molecular formula is C26H31Cl2N9O2.